The summed E-state index contributed by atoms with van der Waals surface area (Å²) in [5.74, 6) is 0. The Hall–Kier alpha value is -7.30. The van der Waals surface area contributed by atoms with Crippen molar-refractivity contribution in [1.29, 1.82) is 10.5 Å². The average Bonchev–Trinajstić information content (AvgIpc) is 3.72. The molecule has 270 valence electrons. The van der Waals surface area contributed by atoms with E-state index < -0.39 is 23.5 Å². The molecule has 10 heteroatoms. The van der Waals surface area contributed by atoms with E-state index in [9.17, 15) is 36.9 Å². The van der Waals surface area contributed by atoms with Crippen molar-refractivity contribution in [2.24, 2.45) is 0 Å². The minimum Gasteiger partial charge on any atom is -0.309 e. The first-order valence-corrected chi connectivity index (χ1v) is 17.4. The van der Waals surface area contributed by atoms with E-state index >= 15 is 0 Å². The number of nitrogens with zero attached hydrogens (tertiary/aromatic N) is 4. The average molecular weight is 747 g/mol. The second kappa shape index (κ2) is 12.6. The zero-order chi connectivity index (χ0) is 38.9. The summed E-state index contributed by atoms with van der Waals surface area (Å²) >= 11 is 0. The first-order valence-electron chi connectivity index (χ1n) is 17.4. The Kier molecular flexibility index (Phi) is 7.78. The van der Waals surface area contributed by atoms with Crippen molar-refractivity contribution in [3.8, 4) is 45.8 Å². The van der Waals surface area contributed by atoms with Crippen molar-refractivity contribution in [1.82, 2.24) is 9.13 Å². The Morgan fingerprint density at radius 3 is 1.59 bits per heavy atom. The molecule has 0 unspecified atom stereocenters. The first kappa shape index (κ1) is 34.5. The van der Waals surface area contributed by atoms with Gasteiger partial charge in [-0.1, -0.05) is 66.7 Å². The minimum atomic E-state index is -4.82. The fraction of sp³-hybridized carbons (Fsp3) is 0.0435. The van der Waals surface area contributed by atoms with Crippen LogP contribution in [-0.4, -0.2) is 9.13 Å². The lowest BCUT2D eigenvalue weighted by Gasteiger charge is -2.19. The van der Waals surface area contributed by atoms with E-state index in [1.54, 1.807) is 47.0 Å². The maximum atomic E-state index is 14.6. The third-order valence-electron chi connectivity index (χ3n) is 10.2. The standard InChI is InChI=1S/C46H24F6N4/c47-45(48,49)31-21-30(22-32(24-31)55-40-10-4-1-7-34(40)35-8-2-5-11-41(35)55)29-15-18-44-38(23-29)36-9-3-6-12-42(36)56(44)43-17-14-27(25-53)19-37(43)33-16-13-28(26-54)20-39(33)46(50,51)52/h1-24H. The van der Waals surface area contributed by atoms with Crippen LogP contribution >= 0.6 is 0 Å². The SMILES string of the molecule is N#Cc1ccc(-n2c3ccccc3c3cc(-c4cc(-n5c6ccccc6c6ccccc65)cc(C(F)(F)F)c4)ccc32)c(-c2ccc(C#N)cc2C(F)(F)F)c1. The number of aromatic nitrogens is 2. The molecule has 0 saturated carbocycles. The zero-order valence-corrected chi connectivity index (χ0v) is 28.9. The molecule has 0 radical (unpaired) electrons. The van der Waals surface area contributed by atoms with Crippen molar-refractivity contribution >= 4 is 43.6 Å². The second-order valence-corrected chi connectivity index (χ2v) is 13.4. The van der Waals surface area contributed by atoms with Crippen LogP contribution in [0.25, 0.3) is 77.2 Å². The number of halogens is 6. The predicted octanol–water partition coefficient (Wildman–Crippen LogP) is 13.0. The third-order valence-corrected chi connectivity index (χ3v) is 10.2. The highest BCUT2D eigenvalue weighted by Crippen LogP contribution is 2.44. The van der Waals surface area contributed by atoms with E-state index in [1.807, 2.05) is 77.4 Å². The number of para-hydroxylation sites is 3. The van der Waals surface area contributed by atoms with Gasteiger partial charge in [0, 0.05) is 32.8 Å². The maximum Gasteiger partial charge on any atom is 0.417 e. The molecule has 0 aliphatic carbocycles. The molecule has 7 aromatic carbocycles. The van der Waals surface area contributed by atoms with E-state index in [4.69, 9.17) is 0 Å². The van der Waals surface area contributed by atoms with Gasteiger partial charge in [0.2, 0.25) is 0 Å². The Bertz CT molecular complexity index is 3100. The number of benzene rings is 7. The van der Waals surface area contributed by atoms with Gasteiger partial charge >= 0.3 is 12.4 Å². The molecule has 9 rings (SSSR count). The van der Waals surface area contributed by atoms with Crippen LogP contribution in [0.5, 0.6) is 0 Å². The number of nitriles is 2. The normalized spacial score (nSPS) is 12.1. The number of alkyl halides is 6. The summed E-state index contributed by atoms with van der Waals surface area (Å²) in [6.07, 6.45) is -9.47. The third kappa shape index (κ3) is 5.54. The van der Waals surface area contributed by atoms with E-state index in [1.165, 1.54) is 24.3 Å². The van der Waals surface area contributed by atoms with Crippen molar-refractivity contribution in [3.05, 3.63) is 168 Å². The molecule has 2 aromatic heterocycles. The van der Waals surface area contributed by atoms with Gasteiger partial charge in [0.05, 0.1) is 62.1 Å². The lowest BCUT2D eigenvalue weighted by molar-refractivity contribution is -0.138. The molecule has 4 nitrogen and oxygen atoms in total. The summed E-state index contributed by atoms with van der Waals surface area (Å²) in [6.45, 7) is 0. The van der Waals surface area contributed by atoms with Crippen LogP contribution in [0, 0.1) is 22.7 Å². The van der Waals surface area contributed by atoms with E-state index in [-0.39, 0.29) is 22.3 Å². The molecule has 0 N–H and O–H groups in total. The van der Waals surface area contributed by atoms with Crippen molar-refractivity contribution in [2.45, 2.75) is 12.4 Å². The minimum absolute atomic E-state index is 0.112. The van der Waals surface area contributed by atoms with Crippen LogP contribution in [-0.2, 0) is 12.4 Å². The summed E-state index contributed by atoms with van der Waals surface area (Å²) in [5.41, 5.74) is 2.23. The summed E-state index contributed by atoms with van der Waals surface area (Å²) in [6, 6.07) is 43.2. The Balaban J connectivity index is 1.29. The Morgan fingerprint density at radius 1 is 0.429 bits per heavy atom. The molecule has 9 aromatic rings. The van der Waals surface area contributed by atoms with Gasteiger partial charge in [0.25, 0.3) is 0 Å². The van der Waals surface area contributed by atoms with Gasteiger partial charge < -0.3 is 9.13 Å². The van der Waals surface area contributed by atoms with Crippen LogP contribution < -0.4 is 0 Å². The molecule has 0 atom stereocenters. The summed E-state index contributed by atoms with van der Waals surface area (Å²) < 4.78 is 91.2. The van der Waals surface area contributed by atoms with Crippen LogP contribution in [0.4, 0.5) is 26.3 Å². The van der Waals surface area contributed by atoms with Crippen LogP contribution in [0.15, 0.2) is 146 Å². The summed E-state index contributed by atoms with van der Waals surface area (Å²) in [4.78, 5) is 0. The topological polar surface area (TPSA) is 57.4 Å². The molecule has 0 spiro atoms. The van der Waals surface area contributed by atoms with Crippen LogP contribution in [0.2, 0.25) is 0 Å². The zero-order valence-electron chi connectivity index (χ0n) is 28.9. The van der Waals surface area contributed by atoms with Crippen LogP contribution in [0.1, 0.15) is 22.3 Å². The molecule has 0 fully saturated rings. The molecule has 0 aliphatic rings. The fourth-order valence-corrected chi connectivity index (χ4v) is 7.78. The molecule has 0 saturated heterocycles. The molecular weight excluding hydrogens is 723 g/mol. The Labute approximate surface area is 314 Å². The summed E-state index contributed by atoms with van der Waals surface area (Å²) in [5, 5.41) is 22.4. The van der Waals surface area contributed by atoms with E-state index in [0.29, 0.717) is 44.3 Å². The Morgan fingerprint density at radius 2 is 0.982 bits per heavy atom. The predicted molar refractivity (Wildman–Crippen MR) is 205 cm³/mol. The molecule has 0 bridgehead atoms. The quantitative estimate of drug-likeness (QED) is 0.168. The lowest BCUT2D eigenvalue weighted by Crippen LogP contribution is -2.09. The molecule has 2 heterocycles. The monoisotopic (exact) mass is 746 g/mol. The van der Waals surface area contributed by atoms with Gasteiger partial charge in [-0.3, -0.25) is 0 Å². The maximum absolute atomic E-state index is 14.6. The smallest absolute Gasteiger partial charge is 0.309 e. The van der Waals surface area contributed by atoms with Crippen molar-refractivity contribution in [2.75, 3.05) is 0 Å². The molecule has 0 amide bonds. The van der Waals surface area contributed by atoms with E-state index in [0.717, 1.165) is 40.0 Å². The van der Waals surface area contributed by atoms with Gasteiger partial charge in [0.15, 0.2) is 0 Å². The number of hydrogen-bond donors (Lipinski definition) is 0. The molecule has 0 aliphatic heterocycles. The van der Waals surface area contributed by atoms with Gasteiger partial charge in [-0.2, -0.15) is 36.9 Å². The second-order valence-electron chi connectivity index (χ2n) is 13.4. The highest BCUT2D eigenvalue weighted by atomic mass is 19.4. The lowest BCUT2D eigenvalue weighted by atomic mass is 9.94. The highest BCUT2D eigenvalue weighted by molar-refractivity contribution is 6.11. The summed E-state index contributed by atoms with van der Waals surface area (Å²) in [7, 11) is 0. The number of hydrogen-bond acceptors (Lipinski definition) is 2. The van der Waals surface area contributed by atoms with Crippen molar-refractivity contribution in [3.63, 3.8) is 0 Å². The fourth-order valence-electron chi connectivity index (χ4n) is 7.78. The van der Waals surface area contributed by atoms with Gasteiger partial charge in [-0.15, -0.1) is 0 Å². The number of rotatable bonds is 4. The van der Waals surface area contributed by atoms with E-state index in [2.05, 4.69) is 0 Å². The molecule has 56 heavy (non-hydrogen) atoms. The van der Waals surface area contributed by atoms with Gasteiger partial charge in [0.1, 0.15) is 0 Å². The van der Waals surface area contributed by atoms with Gasteiger partial charge in [-0.25, -0.2) is 0 Å². The largest absolute Gasteiger partial charge is 0.417 e. The number of fused-ring (bicyclic) bond motifs is 6. The highest BCUT2D eigenvalue weighted by Gasteiger charge is 2.35. The van der Waals surface area contributed by atoms with Crippen molar-refractivity contribution < 1.29 is 26.3 Å². The first-order chi connectivity index (χ1) is 26.9. The molecular formula is C46H24F6N4. The van der Waals surface area contributed by atoms with Gasteiger partial charge in [-0.05, 0) is 95.6 Å². The van der Waals surface area contributed by atoms with Crippen LogP contribution in [0.3, 0.4) is 0 Å².